The summed E-state index contributed by atoms with van der Waals surface area (Å²) in [5.74, 6) is 0.668. The normalized spacial score (nSPS) is 11.1. The average Bonchev–Trinajstić information content (AvgIpc) is 2.85. The molecule has 0 saturated heterocycles. The van der Waals surface area contributed by atoms with Gasteiger partial charge in [0.15, 0.2) is 0 Å². The lowest BCUT2D eigenvalue weighted by Gasteiger charge is -2.05. The van der Waals surface area contributed by atoms with Gasteiger partial charge in [0.25, 0.3) is 5.56 Å². The first-order valence-corrected chi connectivity index (χ1v) is 7.38. The van der Waals surface area contributed by atoms with Crippen LogP contribution in [0.3, 0.4) is 0 Å². The molecule has 0 aliphatic heterocycles. The molecule has 0 aliphatic carbocycles. The zero-order valence-electron chi connectivity index (χ0n) is 11.1. The largest absolute Gasteiger partial charge is 0.309 e. The van der Waals surface area contributed by atoms with Gasteiger partial charge >= 0.3 is 0 Å². The predicted molar refractivity (Wildman–Crippen MR) is 82.0 cm³/mol. The SMILES string of the molecule is Cc1cscc1CNCc1nc2ccccc2c(=O)[nH]1. The number of hydrogen-bond donors (Lipinski definition) is 2. The number of aryl methyl sites for hydroxylation is 1. The van der Waals surface area contributed by atoms with Crippen molar-refractivity contribution in [3.05, 3.63) is 62.3 Å². The van der Waals surface area contributed by atoms with E-state index in [1.54, 1.807) is 17.4 Å². The fourth-order valence-electron chi connectivity index (χ4n) is 2.10. The van der Waals surface area contributed by atoms with Gasteiger partial charge in [-0.2, -0.15) is 11.3 Å². The maximum Gasteiger partial charge on any atom is 0.258 e. The standard InChI is InChI=1S/C15H15N3OS/c1-10-8-20-9-11(10)6-16-7-14-17-13-5-3-2-4-12(13)15(19)18-14/h2-5,8-9,16H,6-7H2,1H3,(H,17,18,19). The number of hydrogen-bond acceptors (Lipinski definition) is 4. The molecule has 3 aromatic rings. The summed E-state index contributed by atoms with van der Waals surface area (Å²) in [6.07, 6.45) is 0. The second kappa shape index (κ2) is 5.56. The van der Waals surface area contributed by atoms with Crippen molar-refractivity contribution in [3.63, 3.8) is 0 Å². The van der Waals surface area contributed by atoms with Crippen LogP contribution < -0.4 is 10.9 Å². The zero-order chi connectivity index (χ0) is 13.9. The Morgan fingerprint density at radius 1 is 1.25 bits per heavy atom. The molecule has 0 bridgehead atoms. The fraction of sp³-hybridized carbons (Fsp3) is 0.200. The van der Waals surface area contributed by atoms with Crippen molar-refractivity contribution in [1.29, 1.82) is 0 Å². The number of nitrogens with zero attached hydrogens (tertiary/aromatic N) is 1. The zero-order valence-corrected chi connectivity index (χ0v) is 12.0. The average molecular weight is 285 g/mol. The number of fused-ring (bicyclic) bond motifs is 1. The van der Waals surface area contributed by atoms with Crippen molar-refractivity contribution in [2.75, 3.05) is 0 Å². The summed E-state index contributed by atoms with van der Waals surface area (Å²) < 4.78 is 0. The quantitative estimate of drug-likeness (QED) is 0.774. The number of benzene rings is 1. The Balaban J connectivity index is 1.75. The molecule has 0 amide bonds. The van der Waals surface area contributed by atoms with Crippen LogP contribution in [0, 0.1) is 6.92 Å². The Kier molecular flexibility index (Phi) is 3.62. The molecule has 0 radical (unpaired) electrons. The second-order valence-electron chi connectivity index (χ2n) is 4.71. The van der Waals surface area contributed by atoms with Crippen LogP contribution >= 0.6 is 11.3 Å². The maximum absolute atomic E-state index is 11.9. The van der Waals surface area contributed by atoms with Gasteiger partial charge in [0.1, 0.15) is 5.82 Å². The van der Waals surface area contributed by atoms with Crippen molar-refractivity contribution < 1.29 is 0 Å². The van der Waals surface area contributed by atoms with Gasteiger partial charge in [-0.25, -0.2) is 4.98 Å². The van der Waals surface area contributed by atoms with Gasteiger partial charge in [0, 0.05) is 6.54 Å². The van der Waals surface area contributed by atoms with Gasteiger partial charge in [0.05, 0.1) is 17.4 Å². The summed E-state index contributed by atoms with van der Waals surface area (Å²) in [4.78, 5) is 19.2. The monoisotopic (exact) mass is 285 g/mol. The molecule has 1 aromatic carbocycles. The van der Waals surface area contributed by atoms with E-state index < -0.39 is 0 Å². The van der Waals surface area contributed by atoms with Crippen LogP contribution in [0.1, 0.15) is 17.0 Å². The van der Waals surface area contributed by atoms with Crippen LogP contribution in [0.5, 0.6) is 0 Å². The van der Waals surface area contributed by atoms with Crippen molar-refractivity contribution in [2.24, 2.45) is 0 Å². The molecular weight excluding hydrogens is 270 g/mol. The maximum atomic E-state index is 11.9. The highest BCUT2D eigenvalue weighted by Crippen LogP contribution is 2.13. The lowest BCUT2D eigenvalue weighted by Crippen LogP contribution is -2.19. The van der Waals surface area contributed by atoms with Gasteiger partial charge in [-0.3, -0.25) is 4.79 Å². The highest BCUT2D eigenvalue weighted by molar-refractivity contribution is 7.08. The lowest BCUT2D eigenvalue weighted by molar-refractivity contribution is 0.662. The number of nitrogens with one attached hydrogen (secondary N) is 2. The third-order valence-electron chi connectivity index (χ3n) is 3.23. The third kappa shape index (κ3) is 2.64. The molecule has 2 N–H and O–H groups in total. The number of para-hydroxylation sites is 1. The summed E-state index contributed by atoms with van der Waals surface area (Å²) in [5.41, 5.74) is 3.24. The number of aromatic amines is 1. The second-order valence-corrected chi connectivity index (χ2v) is 5.46. The van der Waals surface area contributed by atoms with E-state index >= 15 is 0 Å². The summed E-state index contributed by atoms with van der Waals surface area (Å²) in [6, 6.07) is 7.38. The van der Waals surface area contributed by atoms with Crippen LogP contribution in [-0.4, -0.2) is 9.97 Å². The van der Waals surface area contributed by atoms with Crippen molar-refractivity contribution in [3.8, 4) is 0 Å². The molecule has 0 spiro atoms. The minimum atomic E-state index is -0.0842. The Bertz CT molecular complexity index is 791. The fourth-order valence-corrected chi connectivity index (χ4v) is 2.96. The number of aromatic nitrogens is 2. The Morgan fingerprint density at radius 3 is 2.90 bits per heavy atom. The molecule has 0 saturated carbocycles. The van der Waals surface area contributed by atoms with E-state index in [1.807, 2.05) is 18.2 Å². The summed E-state index contributed by atoms with van der Waals surface area (Å²) >= 11 is 1.70. The predicted octanol–water partition coefficient (Wildman–Crippen LogP) is 2.58. The van der Waals surface area contributed by atoms with Crippen LogP contribution in [0.4, 0.5) is 0 Å². The van der Waals surface area contributed by atoms with Gasteiger partial charge in [-0.05, 0) is 40.9 Å². The van der Waals surface area contributed by atoms with Gasteiger partial charge in [0.2, 0.25) is 0 Å². The Morgan fingerprint density at radius 2 is 2.10 bits per heavy atom. The highest BCUT2D eigenvalue weighted by atomic mass is 32.1. The Hall–Kier alpha value is -1.98. The molecular formula is C15H15N3OS. The minimum Gasteiger partial charge on any atom is -0.309 e. The first-order valence-electron chi connectivity index (χ1n) is 6.44. The van der Waals surface area contributed by atoms with Gasteiger partial charge in [-0.15, -0.1) is 0 Å². The van der Waals surface area contributed by atoms with E-state index in [0.29, 0.717) is 17.8 Å². The topological polar surface area (TPSA) is 57.8 Å². The molecule has 4 nitrogen and oxygen atoms in total. The highest BCUT2D eigenvalue weighted by Gasteiger charge is 2.03. The number of thiophene rings is 1. The van der Waals surface area contributed by atoms with E-state index in [9.17, 15) is 4.79 Å². The summed E-state index contributed by atoms with van der Waals surface area (Å²) in [6.45, 7) is 3.44. The molecule has 102 valence electrons. The minimum absolute atomic E-state index is 0.0842. The molecule has 20 heavy (non-hydrogen) atoms. The Labute approximate surface area is 120 Å². The molecule has 3 rings (SSSR count). The molecule has 0 atom stereocenters. The molecule has 2 heterocycles. The smallest absolute Gasteiger partial charge is 0.258 e. The number of H-pyrrole nitrogens is 1. The molecule has 0 fully saturated rings. The first-order chi connectivity index (χ1) is 9.74. The van der Waals surface area contributed by atoms with Crippen LogP contribution in [0.15, 0.2) is 39.8 Å². The lowest BCUT2D eigenvalue weighted by atomic mass is 10.2. The summed E-state index contributed by atoms with van der Waals surface area (Å²) in [5, 5.41) is 8.21. The van der Waals surface area contributed by atoms with Crippen molar-refractivity contribution >= 4 is 22.2 Å². The van der Waals surface area contributed by atoms with E-state index in [-0.39, 0.29) is 5.56 Å². The van der Waals surface area contributed by atoms with Gasteiger partial charge < -0.3 is 10.3 Å². The van der Waals surface area contributed by atoms with Crippen LogP contribution in [0.25, 0.3) is 10.9 Å². The first kappa shape index (κ1) is 13.0. The van der Waals surface area contributed by atoms with Gasteiger partial charge in [-0.1, -0.05) is 12.1 Å². The molecule has 2 aromatic heterocycles. The van der Waals surface area contributed by atoms with E-state index in [4.69, 9.17) is 0 Å². The molecule has 0 aliphatic rings. The molecule has 5 heteroatoms. The van der Waals surface area contributed by atoms with Crippen molar-refractivity contribution in [2.45, 2.75) is 20.0 Å². The van der Waals surface area contributed by atoms with Crippen molar-refractivity contribution in [1.82, 2.24) is 15.3 Å². The third-order valence-corrected chi connectivity index (χ3v) is 4.14. The van der Waals surface area contributed by atoms with Crippen LogP contribution in [-0.2, 0) is 13.1 Å². The van der Waals surface area contributed by atoms with E-state index in [1.165, 1.54) is 11.1 Å². The molecule has 0 unspecified atom stereocenters. The number of rotatable bonds is 4. The summed E-state index contributed by atoms with van der Waals surface area (Å²) in [7, 11) is 0. The van der Waals surface area contributed by atoms with E-state index in [0.717, 1.165) is 12.1 Å². The van der Waals surface area contributed by atoms with E-state index in [2.05, 4.69) is 33.0 Å². The van der Waals surface area contributed by atoms with Crippen LogP contribution in [0.2, 0.25) is 0 Å².